The Labute approximate surface area is 202 Å². The van der Waals surface area contributed by atoms with E-state index < -0.39 is 15.9 Å². The number of para-hydroxylation sites is 1. The number of hydrogen-bond acceptors (Lipinski definition) is 5. The Hall–Kier alpha value is -4.31. The lowest BCUT2D eigenvalue weighted by Crippen LogP contribution is -2.23. The van der Waals surface area contributed by atoms with Crippen molar-refractivity contribution in [2.45, 2.75) is 11.8 Å². The molecular weight excluding hydrogens is 468 g/mol. The largest absolute Gasteiger partial charge is 0.497 e. The first-order valence-electron chi connectivity index (χ1n) is 10.6. The summed E-state index contributed by atoms with van der Waals surface area (Å²) in [6.45, 7) is 1.73. The number of rotatable bonds is 7. The molecule has 1 amide bonds. The lowest BCUT2D eigenvalue weighted by Gasteiger charge is -2.09. The van der Waals surface area contributed by atoms with E-state index in [1.54, 1.807) is 55.1 Å². The van der Waals surface area contributed by atoms with E-state index in [9.17, 15) is 18.0 Å². The third-order valence-electron chi connectivity index (χ3n) is 5.56. The number of nitrogens with one attached hydrogen (secondary N) is 2. The number of benzene rings is 3. The Balaban J connectivity index is 1.53. The van der Waals surface area contributed by atoms with Crippen molar-refractivity contribution in [1.82, 2.24) is 9.36 Å². The lowest BCUT2D eigenvalue weighted by molar-refractivity contribution is 0.102. The molecule has 0 unspecified atom stereocenters. The van der Waals surface area contributed by atoms with Crippen LogP contribution in [0.3, 0.4) is 0 Å². The Morgan fingerprint density at radius 1 is 0.914 bits per heavy atom. The monoisotopic (exact) mass is 492 g/mol. The summed E-state index contributed by atoms with van der Waals surface area (Å²) >= 11 is 0. The molecule has 0 aliphatic rings. The second-order valence-electron chi connectivity index (χ2n) is 7.75. The molecular formula is C25H24N4O5S. The lowest BCUT2D eigenvalue weighted by atomic mass is 10.2. The number of ether oxygens (including phenoxy) is 1. The van der Waals surface area contributed by atoms with Crippen molar-refractivity contribution in [3.8, 4) is 11.4 Å². The van der Waals surface area contributed by atoms with Crippen molar-refractivity contribution in [3.05, 3.63) is 100 Å². The van der Waals surface area contributed by atoms with Gasteiger partial charge in [0.2, 0.25) is 0 Å². The molecule has 0 saturated carbocycles. The Bertz CT molecular complexity index is 1520. The Kier molecular flexibility index (Phi) is 6.48. The second-order valence-corrected chi connectivity index (χ2v) is 9.43. The van der Waals surface area contributed by atoms with Crippen molar-refractivity contribution in [2.75, 3.05) is 17.1 Å². The molecule has 0 radical (unpaired) electrons. The SMILES string of the molecule is COc1ccc(NS(=O)(=O)c2ccc(C(=O)Nc3c(C)n(C)n(-c4ccccc4)c3=O)cc2)cc1. The van der Waals surface area contributed by atoms with Crippen LogP contribution >= 0.6 is 0 Å². The first-order chi connectivity index (χ1) is 16.7. The fourth-order valence-corrected chi connectivity index (χ4v) is 4.62. The van der Waals surface area contributed by atoms with E-state index >= 15 is 0 Å². The average Bonchev–Trinajstić information content (AvgIpc) is 3.07. The van der Waals surface area contributed by atoms with Gasteiger partial charge in [-0.1, -0.05) is 18.2 Å². The third kappa shape index (κ3) is 4.82. The molecule has 0 aliphatic carbocycles. The van der Waals surface area contributed by atoms with Crippen LogP contribution in [0.25, 0.3) is 5.69 Å². The molecule has 4 rings (SSSR count). The van der Waals surface area contributed by atoms with Gasteiger partial charge in [-0.05, 0) is 67.6 Å². The number of nitrogens with zero attached hydrogens (tertiary/aromatic N) is 2. The normalized spacial score (nSPS) is 11.2. The first-order valence-corrected chi connectivity index (χ1v) is 12.1. The van der Waals surface area contributed by atoms with Gasteiger partial charge >= 0.3 is 0 Å². The summed E-state index contributed by atoms with van der Waals surface area (Å²) in [5, 5.41) is 2.66. The molecule has 2 N–H and O–H groups in total. The number of carbonyl (C=O) groups is 1. The number of carbonyl (C=O) groups excluding carboxylic acids is 1. The smallest absolute Gasteiger partial charge is 0.295 e. The summed E-state index contributed by atoms with van der Waals surface area (Å²) in [5.41, 5.74) is 1.62. The molecule has 35 heavy (non-hydrogen) atoms. The predicted molar refractivity (Wildman–Crippen MR) is 134 cm³/mol. The minimum absolute atomic E-state index is 0.00723. The summed E-state index contributed by atoms with van der Waals surface area (Å²) in [6, 6.07) is 21.0. The van der Waals surface area contributed by atoms with E-state index in [-0.39, 0.29) is 21.7 Å². The van der Waals surface area contributed by atoms with Crippen molar-refractivity contribution in [3.63, 3.8) is 0 Å². The number of aromatic nitrogens is 2. The highest BCUT2D eigenvalue weighted by atomic mass is 32.2. The molecule has 9 nitrogen and oxygen atoms in total. The Morgan fingerprint density at radius 2 is 1.54 bits per heavy atom. The molecule has 4 aromatic rings. The minimum Gasteiger partial charge on any atom is -0.497 e. The van der Waals surface area contributed by atoms with E-state index in [1.807, 2.05) is 18.2 Å². The van der Waals surface area contributed by atoms with Gasteiger partial charge in [0.15, 0.2) is 0 Å². The molecule has 0 spiro atoms. The zero-order chi connectivity index (χ0) is 25.2. The number of amides is 1. The van der Waals surface area contributed by atoms with E-state index in [0.717, 1.165) is 0 Å². The van der Waals surface area contributed by atoms with Crippen LogP contribution in [0.15, 0.2) is 88.6 Å². The van der Waals surface area contributed by atoms with Gasteiger partial charge in [0.25, 0.3) is 21.5 Å². The summed E-state index contributed by atoms with van der Waals surface area (Å²) in [5.74, 6) is 0.0792. The molecule has 0 saturated heterocycles. The van der Waals surface area contributed by atoms with Crippen LogP contribution in [0.5, 0.6) is 5.75 Å². The van der Waals surface area contributed by atoms with Crippen LogP contribution < -0.4 is 20.3 Å². The van der Waals surface area contributed by atoms with Crippen molar-refractivity contribution >= 4 is 27.3 Å². The van der Waals surface area contributed by atoms with E-state index in [1.165, 1.54) is 36.1 Å². The van der Waals surface area contributed by atoms with Crippen LogP contribution in [-0.2, 0) is 17.1 Å². The molecule has 0 fully saturated rings. The van der Waals surface area contributed by atoms with Crippen LogP contribution in [0.2, 0.25) is 0 Å². The van der Waals surface area contributed by atoms with Crippen molar-refractivity contribution in [2.24, 2.45) is 7.05 Å². The molecule has 10 heteroatoms. The van der Waals surface area contributed by atoms with Crippen LogP contribution in [-0.4, -0.2) is 30.8 Å². The third-order valence-corrected chi connectivity index (χ3v) is 6.96. The fraction of sp³-hybridized carbons (Fsp3) is 0.120. The Morgan fingerprint density at radius 3 is 2.14 bits per heavy atom. The van der Waals surface area contributed by atoms with Crippen molar-refractivity contribution < 1.29 is 17.9 Å². The van der Waals surface area contributed by atoms with E-state index in [2.05, 4.69) is 10.0 Å². The standard InChI is InChI=1S/C25H24N4O5S/c1-17-23(25(31)29(28(17)2)20-7-5-4-6-8-20)26-24(30)18-9-15-22(16-10-18)35(32,33)27-19-11-13-21(34-3)14-12-19/h4-16,27H,1-3H3,(H,26,30). The summed E-state index contributed by atoms with van der Waals surface area (Å²) in [7, 11) is -0.606. The van der Waals surface area contributed by atoms with Crippen LogP contribution in [0.4, 0.5) is 11.4 Å². The zero-order valence-electron chi connectivity index (χ0n) is 19.3. The molecule has 1 heterocycles. The fourth-order valence-electron chi connectivity index (χ4n) is 3.56. The van der Waals surface area contributed by atoms with Gasteiger partial charge < -0.3 is 10.1 Å². The molecule has 0 bridgehead atoms. The van der Waals surface area contributed by atoms with E-state index in [4.69, 9.17) is 4.74 Å². The maximum absolute atomic E-state index is 13.0. The zero-order valence-corrected chi connectivity index (χ0v) is 20.2. The minimum atomic E-state index is -3.86. The average molecular weight is 493 g/mol. The number of anilines is 2. The van der Waals surface area contributed by atoms with Gasteiger partial charge in [-0.2, -0.15) is 0 Å². The van der Waals surface area contributed by atoms with E-state index in [0.29, 0.717) is 22.8 Å². The predicted octanol–water partition coefficient (Wildman–Crippen LogP) is 3.55. The first kappa shape index (κ1) is 23.8. The number of methoxy groups -OCH3 is 1. The van der Waals surface area contributed by atoms with Gasteiger partial charge in [0, 0.05) is 18.3 Å². The summed E-state index contributed by atoms with van der Waals surface area (Å²) < 4.78 is 36.1. The summed E-state index contributed by atoms with van der Waals surface area (Å²) in [4.78, 5) is 25.8. The quantitative estimate of drug-likeness (QED) is 0.410. The van der Waals surface area contributed by atoms with Gasteiger partial charge in [0.05, 0.1) is 23.4 Å². The molecule has 180 valence electrons. The molecule has 3 aromatic carbocycles. The summed E-state index contributed by atoms with van der Waals surface area (Å²) in [6.07, 6.45) is 0. The van der Waals surface area contributed by atoms with Gasteiger partial charge in [-0.3, -0.25) is 19.0 Å². The number of hydrogen-bond donors (Lipinski definition) is 2. The van der Waals surface area contributed by atoms with Crippen LogP contribution in [0.1, 0.15) is 16.1 Å². The topological polar surface area (TPSA) is 111 Å². The highest BCUT2D eigenvalue weighted by molar-refractivity contribution is 7.92. The molecule has 0 aliphatic heterocycles. The maximum atomic E-state index is 13.0. The van der Waals surface area contributed by atoms with Gasteiger partial charge in [-0.15, -0.1) is 0 Å². The number of sulfonamides is 1. The van der Waals surface area contributed by atoms with Crippen molar-refractivity contribution in [1.29, 1.82) is 0 Å². The highest BCUT2D eigenvalue weighted by Gasteiger charge is 2.20. The van der Waals surface area contributed by atoms with Gasteiger partial charge in [-0.25, -0.2) is 13.1 Å². The second kappa shape index (κ2) is 9.51. The highest BCUT2D eigenvalue weighted by Crippen LogP contribution is 2.20. The molecule has 1 aromatic heterocycles. The maximum Gasteiger partial charge on any atom is 0.295 e. The van der Waals surface area contributed by atoms with Crippen LogP contribution in [0, 0.1) is 6.92 Å². The van der Waals surface area contributed by atoms with Gasteiger partial charge in [0.1, 0.15) is 11.4 Å². The molecule has 0 atom stereocenters.